The van der Waals surface area contributed by atoms with Crippen LogP contribution in [-0.4, -0.2) is 13.4 Å². The number of sulfonamides is 1. The molecule has 0 unspecified atom stereocenters. The van der Waals surface area contributed by atoms with Gasteiger partial charge in [0.25, 0.3) is 10.0 Å². The SMILES string of the molecule is N#Cc1cc(S(=O)(=O)Nc2ccc(F)cn2)ccc1Oc1cc(C(F)(F)F)ccc1F. The molecule has 1 heterocycles. The van der Waals surface area contributed by atoms with Crippen molar-refractivity contribution in [2.45, 2.75) is 11.1 Å². The van der Waals surface area contributed by atoms with Crippen molar-refractivity contribution in [2.24, 2.45) is 0 Å². The molecule has 160 valence electrons. The van der Waals surface area contributed by atoms with Crippen LogP contribution in [0.5, 0.6) is 11.5 Å². The Hall–Kier alpha value is -3.72. The van der Waals surface area contributed by atoms with Crippen LogP contribution in [0, 0.1) is 23.0 Å². The number of hydrogen-bond acceptors (Lipinski definition) is 5. The molecule has 0 spiro atoms. The van der Waals surface area contributed by atoms with E-state index in [-0.39, 0.29) is 17.1 Å². The summed E-state index contributed by atoms with van der Waals surface area (Å²) in [5.41, 5.74) is -1.55. The Morgan fingerprint density at radius 1 is 1.00 bits per heavy atom. The van der Waals surface area contributed by atoms with Crippen molar-refractivity contribution >= 4 is 15.8 Å². The summed E-state index contributed by atoms with van der Waals surface area (Å²) in [4.78, 5) is 3.14. The molecule has 31 heavy (non-hydrogen) atoms. The van der Waals surface area contributed by atoms with E-state index in [4.69, 9.17) is 4.74 Å². The third kappa shape index (κ3) is 5.07. The number of rotatable bonds is 5. The van der Waals surface area contributed by atoms with Crippen molar-refractivity contribution in [3.63, 3.8) is 0 Å². The Kier molecular flexibility index (Phi) is 5.81. The van der Waals surface area contributed by atoms with Gasteiger partial charge < -0.3 is 4.74 Å². The van der Waals surface area contributed by atoms with Crippen LogP contribution in [0.15, 0.2) is 59.6 Å². The van der Waals surface area contributed by atoms with Crippen LogP contribution in [0.3, 0.4) is 0 Å². The van der Waals surface area contributed by atoms with Gasteiger partial charge in [0.15, 0.2) is 11.6 Å². The smallest absolute Gasteiger partial charge is 0.416 e. The third-order valence-corrected chi connectivity index (χ3v) is 5.18. The van der Waals surface area contributed by atoms with Gasteiger partial charge in [0, 0.05) is 0 Å². The molecule has 0 amide bonds. The molecule has 6 nitrogen and oxygen atoms in total. The van der Waals surface area contributed by atoms with Crippen molar-refractivity contribution in [2.75, 3.05) is 4.72 Å². The molecule has 3 aromatic rings. The molecule has 0 aliphatic rings. The monoisotopic (exact) mass is 455 g/mol. The van der Waals surface area contributed by atoms with Gasteiger partial charge in [-0.15, -0.1) is 0 Å². The maximum Gasteiger partial charge on any atom is 0.416 e. The number of alkyl halides is 3. The van der Waals surface area contributed by atoms with E-state index in [2.05, 4.69) is 9.71 Å². The van der Waals surface area contributed by atoms with E-state index >= 15 is 0 Å². The summed E-state index contributed by atoms with van der Waals surface area (Å²) in [6.45, 7) is 0. The van der Waals surface area contributed by atoms with Gasteiger partial charge in [-0.2, -0.15) is 18.4 Å². The van der Waals surface area contributed by atoms with Crippen molar-refractivity contribution in [3.8, 4) is 17.6 Å². The Morgan fingerprint density at radius 3 is 2.35 bits per heavy atom. The molecular formula is C19H10F5N3O3S. The molecule has 0 saturated heterocycles. The van der Waals surface area contributed by atoms with E-state index in [9.17, 15) is 35.6 Å². The Morgan fingerprint density at radius 2 is 1.74 bits per heavy atom. The lowest BCUT2D eigenvalue weighted by Gasteiger charge is -2.13. The van der Waals surface area contributed by atoms with Crippen LogP contribution >= 0.6 is 0 Å². The number of aromatic nitrogens is 1. The quantitative estimate of drug-likeness (QED) is 0.556. The van der Waals surface area contributed by atoms with E-state index in [0.717, 1.165) is 36.5 Å². The third-order valence-electron chi connectivity index (χ3n) is 3.83. The van der Waals surface area contributed by atoms with E-state index in [1.807, 2.05) is 0 Å². The summed E-state index contributed by atoms with van der Waals surface area (Å²) in [7, 11) is -4.25. The highest BCUT2D eigenvalue weighted by Crippen LogP contribution is 2.35. The number of anilines is 1. The fraction of sp³-hybridized carbons (Fsp3) is 0.0526. The summed E-state index contributed by atoms with van der Waals surface area (Å²) >= 11 is 0. The van der Waals surface area contributed by atoms with Crippen LogP contribution in [0.1, 0.15) is 11.1 Å². The van der Waals surface area contributed by atoms with Crippen LogP contribution in [0.25, 0.3) is 0 Å². The molecule has 0 aliphatic heterocycles. The minimum Gasteiger partial charge on any atom is -0.453 e. The Bertz CT molecular complexity index is 1270. The van der Waals surface area contributed by atoms with Gasteiger partial charge >= 0.3 is 6.18 Å². The number of nitrogens with zero attached hydrogens (tertiary/aromatic N) is 2. The second kappa shape index (κ2) is 8.19. The zero-order chi connectivity index (χ0) is 22.8. The molecule has 0 bridgehead atoms. The first-order valence-corrected chi connectivity index (χ1v) is 9.71. The van der Waals surface area contributed by atoms with Crippen LogP contribution in [0.4, 0.5) is 27.8 Å². The number of hydrogen-bond donors (Lipinski definition) is 1. The van der Waals surface area contributed by atoms with E-state index in [1.54, 1.807) is 6.07 Å². The maximum absolute atomic E-state index is 13.9. The van der Waals surface area contributed by atoms with Gasteiger partial charge in [0.1, 0.15) is 23.5 Å². The largest absolute Gasteiger partial charge is 0.453 e. The minimum absolute atomic E-state index is 0.189. The molecular weight excluding hydrogens is 445 g/mol. The van der Waals surface area contributed by atoms with Crippen molar-refractivity contribution in [1.29, 1.82) is 5.26 Å². The van der Waals surface area contributed by atoms with Gasteiger partial charge in [-0.05, 0) is 48.5 Å². The number of pyridine rings is 1. The normalized spacial score (nSPS) is 11.6. The topological polar surface area (TPSA) is 92.1 Å². The number of ether oxygens (including phenoxy) is 1. The molecule has 1 N–H and O–H groups in total. The first-order valence-electron chi connectivity index (χ1n) is 8.23. The lowest BCUT2D eigenvalue weighted by Crippen LogP contribution is -2.14. The molecule has 0 saturated carbocycles. The summed E-state index contributed by atoms with van der Waals surface area (Å²) in [6, 6.07) is 8.06. The Labute approximate surface area is 172 Å². The van der Waals surface area contributed by atoms with Crippen LogP contribution in [-0.2, 0) is 16.2 Å². The summed E-state index contributed by atoms with van der Waals surface area (Å²) in [5, 5.41) is 9.29. The zero-order valence-electron chi connectivity index (χ0n) is 15.1. The lowest BCUT2D eigenvalue weighted by atomic mass is 10.2. The van der Waals surface area contributed by atoms with Crippen LogP contribution in [0.2, 0.25) is 0 Å². The standard InChI is InChI=1S/C19H10F5N3O3S/c20-13-2-6-18(26-10-13)27-31(28,29)14-3-5-16(11(7-14)9-25)30-17-8-12(19(22,23)24)1-4-15(17)21/h1-8,10H,(H,26,27). The number of benzene rings is 2. The summed E-state index contributed by atoms with van der Waals surface area (Å²) in [6.07, 6.45) is -3.96. The second-order valence-corrected chi connectivity index (χ2v) is 7.66. The predicted molar refractivity (Wildman–Crippen MR) is 97.6 cm³/mol. The average molecular weight is 455 g/mol. The molecule has 1 aromatic heterocycles. The van der Waals surface area contributed by atoms with Gasteiger partial charge in [-0.3, -0.25) is 4.72 Å². The molecule has 0 radical (unpaired) electrons. The minimum atomic E-state index is -4.75. The van der Waals surface area contributed by atoms with E-state index < -0.39 is 44.0 Å². The molecule has 0 fully saturated rings. The van der Waals surface area contributed by atoms with Crippen molar-refractivity contribution < 1.29 is 35.1 Å². The molecule has 0 atom stereocenters. The Balaban J connectivity index is 1.92. The van der Waals surface area contributed by atoms with Crippen molar-refractivity contribution in [1.82, 2.24) is 4.98 Å². The number of halogens is 5. The molecule has 3 rings (SSSR count). The summed E-state index contributed by atoms with van der Waals surface area (Å²) in [5.74, 6) is -3.14. The zero-order valence-corrected chi connectivity index (χ0v) is 15.9. The number of nitriles is 1. The predicted octanol–water partition coefficient (Wildman–Crippen LogP) is 4.84. The maximum atomic E-state index is 13.9. The highest BCUT2D eigenvalue weighted by molar-refractivity contribution is 7.92. The fourth-order valence-electron chi connectivity index (χ4n) is 2.36. The second-order valence-electron chi connectivity index (χ2n) is 5.98. The van der Waals surface area contributed by atoms with E-state index in [1.165, 1.54) is 0 Å². The highest BCUT2D eigenvalue weighted by Gasteiger charge is 2.31. The van der Waals surface area contributed by atoms with E-state index in [0.29, 0.717) is 18.2 Å². The van der Waals surface area contributed by atoms with Gasteiger partial charge in [0.05, 0.1) is 22.2 Å². The van der Waals surface area contributed by atoms with Gasteiger partial charge in [0.2, 0.25) is 0 Å². The highest BCUT2D eigenvalue weighted by atomic mass is 32.2. The molecule has 12 heteroatoms. The first-order chi connectivity index (χ1) is 14.5. The first kappa shape index (κ1) is 22.0. The van der Waals surface area contributed by atoms with Crippen molar-refractivity contribution in [3.05, 3.63) is 77.5 Å². The molecule has 0 aliphatic carbocycles. The van der Waals surface area contributed by atoms with Gasteiger partial charge in [-0.1, -0.05) is 0 Å². The number of nitrogens with one attached hydrogen (secondary N) is 1. The molecule has 2 aromatic carbocycles. The lowest BCUT2D eigenvalue weighted by molar-refractivity contribution is -0.137. The van der Waals surface area contributed by atoms with Crippen LogP contribution < -0.4 is 9.46 Å². The summed E-state index contributed by atoms with van der Waals surface area (Å²) < 4.78 is 97.4. The van der Waals surface area contributed by atoms with Gasteiger partial charge in [-0.25, -0.2) is 22.2 Å². The average Bonchev–Trinajstić information content (AvgIpc) is 2.70. The fourth-order valence-corrected chi connectivity index (χ4v) is 3.40.